The molecule has 3 atom stereocenters. The normalized spacial score (nSPS) is 24.1. The van der Waals surface area contributed by atoms with E-state index < -0.39 is 5.38 Å². The number of halogens is 1. The van der Waals surface area contributed by atoms with Gasteiger partial charge in [0.15, 0.2) is 0 Å². The molecule has 1 saturated heterocycles. The maximum Gasteiger partial charge on any atom is 0.237 e. The van der Waals surface area contributed by atoms with Crippen LogP contribution in [-0.2, 0) is 9.53 Å². The molecule has 0 aliphatic carbocycles. The summed E-state index contributed by atoms with van der Waals surface area (Å²) in [7, 11) is 0. The third-order valence-corrected chi connectivity index (χ3v) is 3.95. The first-order chi connectivity index (χ1) is 9.58. The molecule has 0 aromatic heterocycles. The summed E-state index contributed by atoms with van der Waals surface area (Å²) in [5.74, 6) is 0.200. The summed E-state index contributed by atoms with van der Waals surface area (Å²) in [6.45, 7) is 5.17. The molecule has 1 N–H and O–H groups in total. The second-order valence-electron chi connectivity index (χ2n) is 5.47. The Morgan fingerprint density at radius 1 is 1.45 bits per heavy atom. The van der Waals surface area contributed by atoms with E-state index in [0.29, 0.717) is 12.5 Å². The van der Waals surface area contributed by atoms with Gasteiger partial charge in [-0.25, -0.2) is 0 Å². The monoisotopic (exact) mass is 295 g/mol. The van der Waals surface area contributed by atoms with E-state index >= 15 is 0 Å². The predicted octanol–water partition coefficient (Wildman–Crippen LogP) is 3.21. The SMILES string of the molecule is Cc1ccc(C2OCCCC2CNC(=O)C(C)Cl)cc1. The second kappa shape index (κ2) is 7.09. The van der Waals surface area contributed by atoms with Gasteiger partial charge in [-0.2, -0.15) is 0 Å². The maximum atomic E-state index is 11.6. The van der Waals surface area contributed by atoms with Gasteiger partial charge >= 0.3 is 0 Å². The first kappa shape index (κ1) is 15.3. The van der Waals surface area contributed by atoms with Crippen LogP contribution < -0.4 is 5.32 Å². The summed E-state index contributed by atoms with van der Waals surface area (Å²) in [5, 5.41) is 2.42. The molecule has 0 radical (unpaired) electrons. The molecular weight excluding hydrogens is 274 g/mol. The number of alkyl halides is 1. The highest BCUT2D eigenvalue weighted by Crippen LogP contribution is 2.33. The van der Waals surface area contributed by atoms with Gasteiger partial charge in [0.1, 0.15) is 5.38 Å². The standard InChI is InChI=1S/C16H22ClNO2/c1-11-5-7-13(8-6-11)15-14(4-3-9-20-15)10-18-16(19)12(2)17/h5-8,12,14-15H,3-4,9-10H2,1-2H3,(H,18,19). The van der Waals surface area contributed by atoms with Crippen LogP contribution in [0.15, 0.2) is 24.3 Å². The van der Waals surface area contributed by atoms with Gasteiger partial charge in [-0.05, 0) is 32.3 Å². The molecule has 1 aromatic carbocycles. The Bertz CT molecular complexity index is 444. The average molecular weight is 296 g/mol. The van der Waals surface area contributed by atoms with Gasteiger partial charge in [0, 0.05) is 19.1 Å². The van der Waals surface area contributed by atoms with Gasteiger partial charge in [-0.1, -0.05) is 29.8 Å². The largest absolute Gasteiger partial charge is 0.373 e. The molecule has 3 unspecified atom stereocenters. The molecule has 2 rings (SSSR count). The lowest BCUT2D eigenvalue weighted by molar-refractivity contribution is -0.121. The quantitative estimate of drug-likeness (QED) is 0.866. The summed E-state index contributed by atoms with van der Waals surface area (Å²) < 4.78 is 5.92. The molecule has 0 saturated carbocycles. The van der Waals surface area contributed by atoms with E-state index in [4.69, 9.17) is 16.3 Å². The van der Waals surface area contributed by atoms with Crippen LogP contribution in [0, 0.1) is 12.8 Å². The number of rotatable bonds is 4. The third kappa shape index (κ3) is 3.97. The molecule has 3 nitrogen and oxygen atoms in total. The minimum atomic E-state index is -0.489. The fourth-order valence-corrected chi connectivity index (χ4v) is 2.63. The van der Waals surface area contributed by atoms with E-state index in [1.165, 1.54) is 11.1 Å². The number of hydrogen-bond donors (Lipinski definition) is 1. The number of hydrogen-bond acceptors (Lipinski definition) is 2. The van der Waals surface area contributed by atoms with Crippen molar-refractivity contribution in [2.45, 2.75) is 38.2 Å². The van der Waals surface area contributed by atoms with E-state index in [0.717, 1.165) is 19.4 Å². The summed E-state index contributed by atoms with van der Waals surface area (Å²) in [4.78, 5) is 11.6. The van der Waals surface area contributed by atoms with Gasteiger partial charge < -0.3 is 10.1 Å². The molecule has 1 heterocycles. The molecule has 1 aliphatic rings. The van der Waals surface area contributed by atoms with Crippen molar-refractivity contribution in [1.29, 1.82) is 0 Å². The highest BCUT2D eigenvalue weighted by atomic mass is 35.5. The number of nitrogens with one attached hydrogen (secondary N) is 1. The van der Waals surface area contributed by atoms with Crippen molar-refractivity contribution in [3.63, 3.8) is 0 Å². The number of aryl methyl sites for hydroxylation is 1. The Balaban J connectivity index is 2.01. The van der Waals surface area contributed by atoms with Crippen molar-refractivity contribution in [3.05, 3.63) is 35.4 Å². The lowest BCUT2D eigenvalue weighted by atomic mass is 9.89. The zero-order chi connectivity index (χ0) is 14.5. The molecule has 1 aliphatic heterocycles. The van der Waals surface area contributed by atoms with Gasteiger partial charge in [-0.3, -0.25) is 4.79 Å². The second-order valence-corrected chi connectivity index (χ2v) is 6.12. The van der Waals surface area contributed by atoms with E-state index in [9.17, 15) is 4.79 Å². The van der Waals surface area contributed by atoms with Crippen LogP contribution in [0.5, 0.6) is 0 Å². The zero-order valence-corrected chi connectivity index (χ0v) is 12.8. The van der Waals surface area contributed by atoms with Crippen LogP contribution >= 0.6 is 11.6 Å². The van der Waals surface area contributed by atoms with Crippen LogP contribution in [-0.4, -0.2) is 24.4 Å². The number of carbonyl (C=O) groups excluding carboxylic acids is 1. The molecule has 0 bridgehead atoms. The summed E-state index contributed by atoms with van der Waals surface area (Å²) >= 11 is 5.77. The molecule has 20 heavy (non-hydrogen) atoms. The number of amides is 1. The summed E-state index contributed by atoms with van der Waals surface area (Å²) in [6, 6.07) is 8.43. The van der Waals surface area contributed by atoms with Gasteiger partial charge in [0.05, 0.1) is 6.10 Å². The Hall–Kier alpha value is -1.06. The maximum absolute atomic E-state index is 11.6. The Morgan fingerprint density at radius 3 is 2.80 bits per heavy atom. The summed E-state index contributed by atoms with van der Waals surface area (Å²) in [6.07, 6.45) is 2.17. The van der Waals surface area contributed by atoms with Crippen molar-refractivity contribution in [3.8, 4) is 0 Å². The van der Waals surface area contributed by atoms with Gasteiger partial charge in [0.25, 0.3) is 0 Å². The topological polar surface area (TPSA) is 38.3 Å². The highest BCUT2D eigenvalue weighted by Gasteiger charge is 2.28. The van der Waals surface area contributed by atoms with Crippen LogP contribution in [0.1, 0.15) is 37.0 Å². The van der Waals surface area contributed by atoms with E-state index in [1.54, 1.807) is 6.92 Å². The fourth-order valence-electron chi connectivity index (χ4n) is 2.55. The fraction of sp³-hybridized carbons (Fsp3) is 0.562. The van der Waals surface area contributed by atoms with Gasteiger partial charge in [-0.15, -0.1) is 11.6 Å². The molecule has 0 spiro atoms. The Morgan fingerprint density at radius 2 is 2.15 bits per heavy atom. The number of benzene rings is 1. The van der Waals surface area contributed by atoms with Crippen molar-refractivity contribution < 1.29 is 9.53 Å². The van der Waals surface area contributed by atoms with E-state index in [1.807, 2.05) is 0 Å². The number of carbonyl (C=O) groups is 1. The predicted molar refractivity (Wildman–Crippen MR) is 80.9 cm³/mol. The smallest absolute Gasteiger partial charge is 0.237 e. The summed E-state index contributed by atoms with van der Waals surface area (Å²) in [5.41, 5.74) is 2.43. The first-order valence-electron chi connectivity index (χ1n) is 7.18. The van der Waals surface area contributed by atoms with Crippen molar-refractivity contribution in [1.82, 2.24) is 5.32 Å². The van der Waals surface area contributed by atoms with Crippen molar-refractivity contribution in [2.75, 3.05) is 13.2 Å². The number of ether oxygens (including phenoxy) is 1. The van der Waals surface area contributed by atoms with Crippen LogP contribution in [0.2, 0.25) is 0 Å². The molecule has 1 fully saturated rings. The third-order valence-electron chi connectivity index (χ3n) is 3.75. The molecule has 110 valence electrons. The Kier molecular flexibility index (Phi) is 5.44. The Labute approximate surface area is 125 Å². The van der Waals surface area contributed by atoms with Gasteiger partial charge in [0.2, 0.25) is 5.91 Å². The average Bonchev–Trinajstić information content (AvgIpc) is 2.46. The van der Waals surface area contributed by atoms with E-state index in [2.05, 4.69) is 36.5 Å². The van der Waals surface area contributed by atoms with Crippen LogP contribution in [0.25, 0.3) is 0 Å². The minimum Gasteiger partial charge on any atom is -0.373 e. The molecule has 1 aromatic rings. The molecule has 1 amide bonds. The minimum absolute atomic E-state index is 0.0651. The first-order valence-corrected chi connectivity index (χ1v) is 7.61. The van der Waals surface area contributed by atoms with Crippen LogP contribution in [0.3, 0.4) is 0 Å². The van der Waals surface area contributed by atoms with Crippen molar-refractivity contribution in [2.24, 2.45) is 5.92 Å². The van der Waals surface area contributed by atoms with Crippen molar-refractivity contribution >= 4 is 17.5 Å². The lowest BCUT2D eigenvalue weighted by Gasteiger charge is -2.32. The highest BCUT2D eigenvalue weighted by molar-refractivity contribution is 6.30. The molecule has 4 heteroatoms. The van der Waals surface area contributed by atoms with Crippen LogP contribution in [0.4, 0.5) is 0 Å². The molecular formula is C16H22ClNO2. The zero-order valence-electron chi connectivity index (χ0n) is 12.1. The lowest BCUT2D eigenvalue weighted by Crippen LogP contribution is -2.37. The van der Waals surface area contributed by atoms with E-state index in [-0.39, 0.29) is 12.0 Å².